The van der Waals surface area contributed by atoms with Crippen LogP contribution in [0.4, 0.5) is 0 Å². The Labute approximate surface area is 138 Å². The van der Waals surface area contributed by atoms with Crippen LogP contribution in [0.15, 0.2) is 17.8 Å². The zero-order chi connectivity index (χ0) is 16.2. The van der Waals surface area contributed by atoms with Gasteiger partial charge in [-0.2, -0.15) is 5.10 Å². The molecule has 1 aromatic rings. The van der Waals surface area contributed by atoms with Gasteiger partial charge in [-0.1, -0.05) is 11.6 Å². The molecule has 5 heteroatoms. The number of carbonyl (C=O) groups is 1. The van der Waals surface area contributed by atoms with Gasteiger partial charge >= 0.3 is 0 Å². The van der Waals surface area contributed by atoms with Crippen LogP contribution >= 0.6 is 0 Å². The summed E-state index contributed by atoms with van der Waals surface area (Å²) in [6, 6.07) is 0. The first-order chi connectivity index (χ1) is 11.2. The standard InChI is InChI=1S/C18H27N3O2/c1-3-21-11-16-15(13-23-2)10-20(12-17(16)19-21)18(22)9-14-7-5-4-6-8-14/h7,11,15H,3-6,8-10,12-13H2,1-2H3/t15-/m0/s1. The third-order valence-electron chi connectivity index (χ3n) is 4.90. The molecule has 2 heterocycles. The van der Waals surface area contributed by atoms with Gasteiger partial charge in [-0.25, -0.2) is 0 Å². The number of amides is 1. The zero-order valence-electron chi connectivity index (χ0n) is 14.3. The number of rotatable bonds is 5. The van der Waals surface area contributed by atoms with Gasteiger partial charge in [-0.3, -0.25) is 9.48 Å². The average molecular weight is 317 g/mol. The fraction of sp³-hybridized carbons (Fsp3) is 0.667. The Morgan fingerprint density at radius 1 is 1.43 bits per heavy atom. The van der Waals surface area contributed by atoms with Crippen LogP contribution in [0.2, 0.25) is 0 Å². The summed E-state index contributed by atoms with van der Waals surface area (Å²) >= 11 is 0. The Bertz CT molecular complexity index is 591. The quantitative estimate of drug-likeness (QED) is 0.785. The lowest BCUT2D eigenvalue weighted by Crippen LogP contribution is -2.39. The second-order valence-corrected chi connectivity index (χ2v) is 6.60. The Morgan fingerprint density at radius 2 is 2.30 bits per heavy atom. The van der Waals surface area contributed by atoms with Crippen LogP contribution < -0.4 is 0 Å². The topological polar surface area (TPSA) is 47.4 Å². The summed E-state index contributed by atoms with van der Waals surface area (Å²) in [5, 5.41) is 4.63. The molecule has 5 nitrogen and oxygen atoms in total. The summed E-state index contributed by atoms with van der Waals surface area (Å²) < 4.78 is 7.34. The predicted molar refractivity (Wildman–Crippen MR) is 89.1 cm³/mol. The largest absolute Gasteiger partial charge is 0.384 e. The van der Waals surface area contributed by atoms with E-state index in [2.05, 4.69) is 24.3 Å². The lowest BCUT2D eigenvalue weighted by atomic mass is 9.93. The molecule has 1 atom stereocenters. The smallest absolute Gasteiger partial charge is 0.227 e. The molecule has 2 aliphatic rings. The number of fused-ring (bicyclic) bond motifs is 1. The highest BCUT2D eigenvalue weighted by molar-refractivity contribution is 5.79. The van der Waals surface area contributed by atoms with Gasteiger partial charge in [0.15, 0.2) is 0 Å². The molecule has 0 unspecified atom stereocenters. The molecule has 23 heavy (non-hydrogen) atoms. The van der Waals surface area contributed by atoms with Crippen LogP contribution in [0.25, 0.3) is 0 Å². The number of aromatic nitrogens is 2. The molecule has 0 radical (unpaired) electrons. The van der Waals surface area contributed by atoms with Crippen molar-refractivity contribution in [3.05, 3.63) is 29.1 Å². The lowest BCUT2D eigenvalue weighted by molar-refractivity contribution is -0.132. The van der Waals surface area contributed by atoms with E-state index in [0.29, 0.717) is 19.6 Å². The molecule has 1 amide bonds. The summed E-state index contributed by atoms with van der Waals surface area (Å²) in [6.07, 6.45) is 9.63. The summed E-state index contributed by atoms with van der Waals surface area (Å²) in [6.45, 7) is 4.95. The Hall–Kier alpha value is -1.62. The van der Waals surface area contributed by atoms with Gasteiger partial charge < -0.3 is 9.64 Å². The Kier molecular flexibility index (Phi) is 5.16. The molecule has 0 saturated carbocycles. The van der Waals surface area contributed by atoms with Gasteiger partial charge in [-0.05, 0) is 32.6 Å². The molecule has 0 N–H and O–H groups in total. The van der Waals surface area contributed by atoms with Crippen LogP contribution in [-0.4, -0.2) is 40.8 Å². The average Bonchev–Trinajstić information content (AvgIpc) is 2.99. The van der Waals surface area contributed by atoms with Crippen molar-refractivity contribution in [3.63, 3.8) is 0 Å². The maximum atomic E-state index is 12.7. The van der Waals surface area contributed by atoms with Crippen LogP contribution in [-0.2, 0) is 22.6 Å². The molecule has 0 spiro atoms. The van der Waals surface area contributed by atoms with Crippen molar-refractivity contribution in [2.75, 3.05) is 20.3 Å². The van der Waals surface area contributed by atoms with E-state index in [1.54, 1.807) is 7.11 Å². The van der Waals surface area contributed by atoms with Gasteiger partial charge in [0.05, 0.1) is 18.8 Å². The van der Waals surface area contributed by atoms with Gasteiger partial charge in [-0.15, -0.1) is 0 Å². The van der Waals surface area contributed by atoms with Crippen LogP contribution in [0, 0.1) is 0 Å². The van der Waals surface area contributed by atoms with Crippen molar-refractivity contribution in [2.45, 2.75) is 58.0 Å². The highest BCUT2D eigenvalue weighted by atomic mass is 16.5. The Morgan fingerprint density at radius 3 is 3.00 bits per heavy atom. The summed E-state index contributed by atoms with van der Waals surface area (Å²) in [5.74, 6) is 0.462. The first-order valence-electron chi connectivity index (χ1n) is 8.72. The van der Waals surface area contributed by atoms with E-state index in [0.717, 1.165) is 31.6 Å². The minimum atomic E-state index is 0.230. The number of allylic oxidation sites excluding steroid dienone is 1. The highest BCUT2D eigenvalue weighted by Gasteiger charge is 2.30. The van der Waals surface area contributed by atoms with Crippen molar-refractivity contribution in [2.24, 2.45) is 0 Å². The number of carbonyl (C=O) groups excluding carboxylic acids is 1. The van der Waals surface area contributed by atoms with Crippen molar-refractivity contribution in [3.8, 4) is 0 Å². The molecular formula is C18H27N3O2. The first-order valence-corrected chi connectivity index (χ1v) is 8.72. The number of methoxy groups -OCH3 is 1. The third kappa shape index (κ3) is 3.66. The first kappa shape index (κ1) is 16.2. The molecule has 3 rings (SSSR count). The predicted octanol–water partition coefficient (Wildman–Crippen LogP) is 2.87. The summed E-state index contributed by atoms with van der Waals surface area (Å²) in [7, 11) is 1.72. The fourth-order valence-electron chi connectivity index (χ4n) is 3.62. The molecule has 1 aliphatic heterocycles. The maximum absolute atomic E-state index is 12.7. The molecule has 126 valence electrons. The second-order valence-electron chi connectivity index (χ2n) is 6.60. The fourth-order valence-corrected chi connectivity index (χ4v) is 3.62. The molecule has 0 fully saturated rings. The monoisotopic (exact) mass is 317 g/mol. The molecule has 0 bridgehead atoms. The van der Waals surface area contributed by atoms with E-state index in [9.17, 15) is 4.79 Å². The zero-order valence-corrected chi connectivity index (χ0v) is 14.3. The number of ether oxygens (including phenoxy) is 1. The van der Waals surface area contributed by atoms with E-state index in [1.165, 1.54) is 24.0 Å². The summed E-state index contributed by atoms with van der Waals surface area (Å²) in [4.78, 5) is 14.7. The van der Waals surface area contributed by atoms with Crippen LogP contribution in [0.1, 0.15) is 56.2 Å². The van der Waals surface area contributed by atoms with E-state index in [4.69, 9.17) is 4.74 Å². The van der Waals surface area contributed by atoms with Crippen LogP contribution in [0.5, 0.6) is 0 Å². The second kappa shape index (κ2) is 7.30. The molecule has 0 aromatic carbocycles. The maximum Gasteiger partial charge on any atom is 0.227 e. The normalized spacial score (nSPS) is 21.0. The molecule has 0 saturated heterocycles. The van der Waals surface area contributed by atoms with Crippen molar-refractivity contribution in [1.29, 1.82) is 0 Å². The third-order valence-corrected chi connectivity index (χ3v) is 4.90. The van der Waals surface area contributed by atoms with Crippen molar-refractivity contribution < 1.29 is 9.53 Å². The molecule has 1 aliphatic carbocycles. The van der Waals surface area contributed by atoms with E-state index < -0.39 is 0 Å². The summed E-state index contributed by atoms with van der Waals surface area (Å²) in [5.41, 5.74) is 3.59. The number of aryl methyl sites for hydroxylation is 1. The minimum Gasteiger partial charge on any atom is -0.384 e. The van der Waals surface area contributed by atoms with Gasteiger partial charge in [0.1, 0.15) is 0 Å². The number of nitrogens with zero attached hydrogens (tertiary/aromatic N) is 3. The SMILES string of the molecule is CCn1cc2c(n1)CN(C(=O)CC1=CCCCC1)C[C@H]2COC. The minimum absolute atomic E-state index is 0.230. The van der Waals surface area contributed by atoms with E-state index in [1.807, 2.05) is 9.58 Å². The van der Waals surface area contributed by atoms with E-state index >= 15 is 0 Å². The number of hydrogen-bond acceptors (Lipinski definition) is 3. The lowest BCUT2D eigenvalue weighted by Gasteiger charge is -2.32. The van der Waals surface area contributed by atoms with Gasteiger partial charge in [0, 0.05) is 44.3 Å². The highest BCUT2D eigenvalue weighted by Crippen LogP contribution is 2.29. The van der Waals surface area contributed by atoms with Crippen LogP contribution in [0.3, 0.4) is 0 Å². The van der Waals surface area contributed by atoms with Gasteiger partial charge in [0.2, 0.25) is 5.91 Å². The van der Waals surface area contributed by atoms with Gasteiger partial charge in [0.25, 0.3) is 0 Å². The molecular weight excluding hydrogens is 290 g/mol. The van der Waals surface area contributed by atoms with Crippen molar-refractivity contribution in [1.82, 2.24) is 14.7 Å². The number of hydrogen-bond donors (Lipinski definition) is 0. The Balaban J connectivity index is 1.73. The van der Waals surface area contributed by atoms with Crippen molar-refractivity contribution >= 4 is 5.91 Å². The van der Waals surface area contributed by atoms with E-state index in [-0.39, 0.29) is 11.8 Å². The molecule has 1 aromatic heterocycles.